The van der Waals surface area contributed by atoms with Gasteiger partial charge in [0.15, 0.2) is 0 Å². The van der Waals surface area contributed by atoms with Crippen molar-refractivity contribution in [1.29, 1.82) is 0 Å². The molecule has 0 aliphatic carbocycles. The maximum Gasteiger partial charge on any atom is 0.269 e. The maximum absolute atomic E-state index is 8.96. The van der Waals surface area contributed by atoms with Crippen LogP contribution in [-0.4, -0.2) is 19.1 Å². The third-order valence-corrected chi connectivity index (χ3v) is 9.83. The molecule has 0 fully saturated rings. The summed E-state index contributed by atoms with van der Waals surface area (Å²) >= 11 is 0. The molecule has 4 aromatic carbocycles. The number of imidazole rings is 1. The van der Waals surface area contributed by atoms with E-state index in [4.69, 9.17) is 12.5 Å². The van der Waals surface area contributed by atoms with Crippen LogP contribution in [0.3, 0.4) is 0 Å². The number of para-hydroxylation sites is 1. The molecule has 0 bridgehead atoms. The van der Waals surface area contributed by atoms with Crippen LogP contribution < -0.4 is 9.30 Å². The van der Waals surface area contributed by atoms with Gasteiger partial charge in [-0.1, -0.05) is 105 Å². The van der Waals surface area contributed by atoms with Crippen molar-refractivity contribution in [3.63, 3.8) is 0 Å². The smallest absolute Gasteiger partial charge is 0.269 e. The summed E-state index contributed by atoms with van der Waals surface area (Å²) in [5.74, 6) is 1.88. The molecule has 4 aromatic heterocycles. The molecule has 6 heteroatoms. The Kier molecular flexibility index (Phi) is 7.90. The van der Waals surface area contributed by atoms with Gasteiger partial charge in [-0.05, 0) is 93.9 Å². The zero-order chi connectivity index (χ0) is 39.8. The second-order valence-corrected chi connectivity index (χ2v) is 17.3. The van der Waals surface area contributed by atoms with Crippen LogP contribution in [-0.2, 0) is 17.2 Å². The minimum atomic E-state index is -1.57. The maximum atomic E-state index is 8.96. The topological polar surface area (TPSA) is 48.8 Å². The largest absolute Gasteiger partial charge is 0.456 e. The number of hydrogen-bond acceptors (Lipinski definition) is 3. The van der Waals surface area contributed by atoms with E-state index in [1.165, 1.54) is 11.1 Å². The van der Waals surface area contributed by atoms with Gasteiger partial charge >= 0.3 is 0 Å². The Balaban J connectivity index is 1.22. The molecule has 0 radical (unpaired) electrons. The van der Waals surface area contributed by atoms with Crippen LogP contribution in [0.1, 0.15) is 81.7 Å². The molecule has 0 spiro atoms. The van der Waals surface area contributed by atoms with Gasteiger partial charge in [-0.2, -0.15) is 0 Å². The van der Waals surface area contributed by atoms with Gasteiger partial charge in [-0.15, -0.1) is 0 Å². The fourth-order valence-electron chi connectivity index (χ4n) is 7.10. The van der Waals surface area contributed by atoms with Crippen molar-refractivity contribution in [2.75, 3.05) is 0 Å². The SMILES string of the molecule is [2H]C([2H])(c1ccnc(-n2c3ccccc3c3ccc(Oc4cncc(-n5[c-][n+](-c6cccc(C(C)(C)C)c6)c6cc(C(C)(C)C)ccc65)c4)cc32)c1)C(C)(C)C. The molecule has 54 heavy (non-hydrogen) atoms. The Morgan fingerprint density at radius 1 is 0.685 bits per heavy atom. The first-order valence-electron chi connectivity index (χ1n) is 19.6. The second kappa shape index (κ2) is 13.0. The molecule has 0 atom stereocenters. The number of pyridine rings is 2. The van der Waals surface area contributed by atoms with Gasteiger partial charge in [0.05, 0.1) is 39.6 Å². The van der Waals surface area contributed by atoms with Gasteiger partial charge in [-0.25, -0.2) is 4.98 Å². The number of hydrogen-bond donors (Lipinski definition) is 0. The van der Waals surface area contributed by atoms with Crippen LogP contribution in [0, 0.1) is 11.7 Å². The summed E-state index contributed by atoms with van der Waals surface area (Å²) in [5.41, 5.74) is 8.29. The highest BCUT2D eigenvalue weighted by Gasteiger charge is 2.21. The highest BCUT2D eigenvalue weighted by molar-refractivity contribution is 6.09. The fourth-order valence-corrected chi connectivity index (χ4v) is 7.10. The monoisotopic (exact) mass is 713 g/mol. The first kappa shape index (κ1) is 32.9. The molecular weight excluding hydrogens is 663 g/mol. The van der Waals surface area contributed by atoms with Gasteiger partial charge in [0.2, 0.25) is 0 Å². The van der Waals surface area contributed by atoms with Gasteiger partial charge in [0.25, 0.3) is 6.33 Å². The van der Waals surface area contributed by atoms with Crippen LogP contribution in [0.25, 0.3) is 50.0 Å². The zero-order valence-electron chi connectivity index (χ0n) is 34.7. The Bertz CT molecular complexity index is 2770. The van der Waals surface area contributed by atoms with E-state index in [0.717, 1.165) is 44.2 Å². The number of aromatic nitrogens is 5. The first-order valence-corrected chi connectivity index (χ1v) is 18.6. The van der Waals surface area contributed by atoms with E-state index >= 15 is 0 Å². The molecule has 0 unspecified atom stereocenters. The molecule has 0 aliphatic heterocycles. The molecule has 272 valence electrons. The Labute approximate surface area is 321 Å². The van der Waals surface area contributed by atoms with Crippen molar-refractivity contribution >= 4 is 32.8 Å². The van der Waals surface area contributed by atoms with E-state index in [1.807, 2.05) is 63.4 Å². The van der Waals surface area contributed by atoms with Crippen LogP contribution >= 0.6 is 0 Å². The van der Waals surface area contributed by atoms with Crippen molar-refractivity contribution in [3.8, 4) is 28.7 Å². The highest BCUT2D eigenvalue weighted by Crippen LogP contribution is 2.36. The van der Waals surface area contributed by atoms with Gasteiger partial charge in [0.1, 0.15) is 17.3 Å². The predicted molar refractivity (Wildman–Crippen MR) is 221 cm³/mol. The quantitative estimate of drug-likeness (QED) is 0.127. The molecule has 6 nitrogen and oxygen atoms in total. The number of benzene rings is 4. The Hall–Kier alpha value is -5.75. The van der Waals surface area contributed by atoms with E-state index in [2.05, 4.69) is 127 Å². The van der Waals surface area contributed by atoms with E-state index in [9.17, 15) is 0 Å². The molecule has 4 heterocycles. The second-order valence-electron chi connectivity index (χ2n) is 17.3. The van der Waals surface area contributed by atoms with E-state index < -0.39 is 11.8 Å². The van der Waals surface area contributed by atoms with Crippen molar-refractivity contribution in [1.82, 2.24) is 19.1 Å². The average Bonchev–Trinajstić information content (AvgIpc) is 3.70. The Morgan fingerprint density at radius 2 is 1.44 bits per heavy atom. The van der Waals surface area contributed by atoms with E-state index in [1.54, 1.807) is 18.5 Å². The molecule has 0 saturated heterocycles. The van der Waals surface area contributed by atoms with E-state index in [0.29, 0.717) is 22.9 Å². The molecular formula is C48H49N5O. The van der Waals surface area contributed by atoms with E-state index in [-0.39, 0.29) is 10.8 Å². The van der Waals surface area contributed by atoms with Crippen LogP contribution in [0.4, 0.5) is 0 Å². The zero-order valence-corrected chi connectivity index (χ0v) is 32.7. The summed E-state index contributed by atoms with van der Waals surface area (Å²) in [6.07, 6.45) is 7.36. The first-order chi connectivity index (χ1) is 26.4. The van der Waals surface area contributed by atoms with Gasteiger partial charge < -0.3 is 4.74 Å². The fraction of sp³-hybridized carbons (Fsp3) is 0.271. The minimum absolute atomic E-state index is 0.00107. The number of ether oxygens (including phenoxy) is 1. The number of fused-ring (bicyclic) bond motifs is 4. The molecule has 0 aliphatic rings. The predicted octanol–water partition coefficient (Wildman–Crippen LogP) is 11.6. The number of rotatable bonds is 6. The number of nitrogens with zero attached hydrogens (tertiary/aromatic N) is 5. The summed E-state index contributed by atoms with van der Waals surface area (Å²) in [6.45, 7) is 19.2. The average molecular weight is 714 g/mol. The lowest BCUT2D eigenvalue weighted by Crippen LogP contribution is -2.30. The molecule has 0 N–H and O–H groups in total. The van der Waals surface area contributed by atoms with Crippen LogP contribution in [0.15, 0.2) is 122 Å². The molecule has 0 amide bonds. The summed E-state index contributed by atoms with van der Waals surface area (Å²) in [6, 6.07) is 35.3. The van der Waals surface area contributed by atoms with Crippen LogP contribution in [0.2, 0.25) is 0 Å². The summed E-state index contributed by atoms with van der Waals surface area (Å²) < 4.78 is 30.8. The van der Waals surface area contributed by atoms with Crippen molar-refractivity contribution in [2.45, 2.75) is 79.5 Å². The molecule has 0 saturated carbocycles. The van der Waals surface area contributed by atoms with Crippen molar-refractivity contribution in [2.24, 2.45) is 5.41 Å². The lowest BCUT2D eigenvalue weighted by molar-refractivity contribution is -0.572. The minimum Gasteiger partial charge on any atom is -0.456 e. The highest BCUT2D eigenvalue weighted by atomic mass is 16.5. The standard InChI is InChI=1S/C48H49N5O/c1-46(2,3)28-32-21-22-50-45(23-32)53-41-16-11-10-15-39(41)40-19-18-37(27-43(40)53)54-38-26-36(29-49-30-38)52-31-51(35-14-12-13-33(24-35)47(4,5)6)44-25-34(48(7,8)9)17-20-42(44)52/h10-27,29-30H,28H2,1-9H3/i28D2. The summed E-state index contributed by atoms with van der Waals surface area (Å²) in [7, 11) is 0. The third-order valence-electron chi connectivity index (χ3n) is 9.83. The Morgan fingerprint density at radius 3 is 2.22 bits per heavy atom. The third kappa shape index (κ3) is 6.77. The lowest BCUT2D eigenvalue weighted by atomic mass is 9.86. The van der Waals surface area contributed by atoms with Gasteiger partial charge in [-0.3, -0.25) is 18.7 Å². The lowest BCUT2D eigenvalue weighted by Gasteiger charge is -2.21. The summed E-state index contributed by atoms with van der Waals surface area (Å²) in [4.78, 5) is 9.40. The van der Waals surface area contributed by atoms with Crippen molar-refractivity contribution in [3.05, 3.63) is 145 Å². The van der Waals surface area contributed by atoms with Crippen molar-refractivity contribution < 1.29 is 12.0 Å². The molecule has 8 aromatic rings. The van der Waals surface area contributed by atoms with Crippen LogP contribution in [0.5, 0.6) is 11.5 Å². The normalized spacial score (nSPS) is 13.4. The molecule has 8 rings (SSSR count). The van der Waals surface area contributed by atoms with Gasteiger partial charge in [0, 0.05) is 32.0 Å². The summed E-state index contributed by atoms with van der Waals surface area (Å²) in [5, 5.41) is 2.13.